The van der Waals surface area contributed by atoms with Gasteiger partial charge in [-0.2, -0.15) is 0 Å². The number of pyridine rings is 1. The second kappa shape index (κ2) is 11.5. The summed E-state index contributed by atoms with van der Waals surface area (Å²) in [6.07, 6.45) is -0.638. The Hall–Kier alpha value is -4.23. The van der Waals surface area contributed by atoms with Crippen molar-refractivity contribution in [1.29, 1.82) is 0 Å². The highest BCUT2D eigenvalue weighted by Crippen LogP contribution is 2.13. The third-order valence-corrected chi connectivity index (χ3v) is 6.19. The molecule has 0 saturated heterocycles. The molecule has 4 aromatic rings. The quantitative estimate of drug-likeness (QED) is 0.293. The van der Waals surface area contributed by atoms with Gasteiger partial charge in [0.2, 0.25) is 0 Å². The average molecular weight is 484 g/mol. The van der Waals surface area contributed by atoms with Crippen molar-refractivity contribution in [3.05, 3.63) is 118 Å². The zero-order valence-corrected chi connectivity index (χ0v) is 20.0. The summed E-state index contributed by atoms with van der Waals surface area (Å²) in [5.41, 5.74) is 2.59. The lowest BCUT2D eigenvalue weighted by Crippen LogP contribution is -2.52. The smallest absolute Gasteiger partial charge is 0.268 e. The van der Waals surface area contributed by atoms with E-state index in [-0.39, 0.29) is 23.1 Å². The van der Waals surface area contributed by atoms with E-state index in [1.165, 1.54) is 0 Å². The molecule has 2 amide bonds. The SMILES string of the molecule is Cc1c(C(=O)N[C@@H](Cc2ccccc2)[C@@H](O)C(=O)NCCc2ccccc2)[nH]c2ccccc2c1=O. The molecule has 3 aromatic carbocycles. The Morgan fingerprint density at radius 1 is 0.889 bits per heavy atom. The fourth-order valence-electron chi connectivity index (χ4n) is 4.17. The van der Waals surface area contributed by atoms with Gasteiger partial charge >= 0.3 is 0 Å². The van der Waals surface area contributed by atoms with Gasteiger partial charge in [0.05, 0.1) is 6.04 Å². The highest BCUT2D eigenvalue weighted by atomic mass is 16.3. The Bertz CT molecular complexity index is 1400. The largest absolute Gasteiger partial charge is 0.381 e. The first-order chi connectivity index (χ1) is 17.4. The number of benzene rings is 3. The molecule has 36 heavy (non-hydrogen) atoms. The summed E-state index contributed by atoms with van der Waals surface area (Å²) in [5, 5.41) is 17.0. The van der Waals surface area contributed by atoms with Gasteiger partial charge in [-0.15, -0.1) is 0 Å². The average Bonchev–Trinajstić information content (AvgIpc) is 2.91. The topological polar surface area (TPSA) is 111 Å². The lowest BCUT2D eigenvalue weighted by molar-refractivity contribution is -0.130. The van der Waals surface area contributed by atoms with Crippen molar-refractivity contribution in [2.24, 2.45) is 0 Å². The van der Waals surface area contributed by atoms with Gasteiger partial charge in [0.1, 0.15) is 5.69 Å². The minimum atomic E-state index is -1.49. The lowest BCUT2D eigenvalue weighted by atomic mass is 9.99. The number of fused-ring (bicyclic) bond motifs is 1. The standard InChI is InChI=1S/C29H29N3O4/c1-19-25(31-23-15-9-8-14-22(23)26(19)33)28(35)32-24(18-21-12-6-3-7-13-21)27(34)29(36)30-17-16-20-10-4-2-5-11-20/h2-15,24,27,34H,16-18H2,1H3,(H,30,36)(H,31,33)(H,32,35)/t24-,27+/m0/s1. The van der Waals surface area contributed by atoms with Crippen LogP contribution in [-0.2, 0) is 17.6 Å². The number of aromatic nitrogens is 1. The van der Waals surface area contributed by atoms with Crippen LogP contribution < -0.4 is 16.1 Å². The Morgan fingerprint density at radius 3 is 2.19 bits per heavy atom. The molecular formula is C29H29N3O4. The molecule has 4 rings (SSSR count). The number of carbonyl (C=O) groups excluding carboxylic acids is 2. The minimum Gasteiger partial charge on any atom is -0.381 e. The highest BCUT2D eigenvalue weighted by molar-refractivity contribution is 5.97. The number of hydrogen-bond acceptors (Lipinski definition) is 4. The molecule has 0 aliphatic carbocycles. The predicted octanol–water partition coefficient (Wildman–Crippen LogP) is 2.90. The Morgan fingerprint density at radius 2 is 1.50 bits per heavy atom. The van der Waals surface area contributed by atoms with Crippen LogP contribution in [0.15, 0.2) is 89.7 Å². The monoisotopic (exact) mass is 483 g/mol. The molecule has 7 nitrogen and oxygen atoms in total. The first-order valence-electron chi connectivity index (χ1n) is 11.9. The second-order valence-electron chi connectivity index (χ2n) is 8.74. The second-order valence-corrected chi connectivity index (χ2v) is 8.74. The summed E-state index contributed by atoms with van der Waals surface area (Å²) in [6.45, 7) is 1.93. The molecule has 0 aliphatic heterocycles. The lowest BCUT2D eigenvalue weighted by Gasteiger charge is -2.24. The Kier molecular flexibility index (Phi) is 7.92. The number of nitrogens with one attached hydrogen (secondary N) is 3. The van der Waals surface area contributed by atoms with E-state index in [0.717, 1.165) is 11.1 Å². The van der Waals surface area contributed by atoms with E-state index in [2.05, 4.69) is 15.6 Å². The Balaban J connectivity index is 1.52. The number of amides is 2. The molecule has 2 atom stereocenters. The summed E-state index contributed by atoms with van der Waals surface area (Å²) >= 11 is 0. The van der Waals surface area contributed by atoms with Crippen molar-refractivity contribution in [1.82, 2.24) is 15.6 Å². The normalized spacial score (nSPS) is 12.6. The van der Waals surface area contributed by atoms with Crippen LogP contribution in [-0.4, -0.2) is 40.6 Å². The van der Waals surface area contributed by atoms with Crippen molar-refractivity contribution in [3.63, 3.8) is 0 Å². The molecule has 184 valence electrons. The van der Waals surface area contributed by atoms with Gasteiger partial charge in [-0.3, -0.25) is 14.4 Å². The number of H-pyrrole nitrogens is 1. The number of carbonyl (C=O) groups is 2. The van der Waals surface area contributed by atoms with Crippen molar-refractivity contribution in [3.8, 4) is 0 Å². The van der Waals surface area contributed by atoms with E-state index in [1.54, 1.807) is 31.2 Å². The van der Waals surface area contributed by atoms with Crippen LogP contribution >= 0.6 is 0 Å². The fraction of sp³-hybridized carbons (Fsp3) is 0.207. The molecule has 0 unspecified atom stereocenters. The maximum absolute atomic E-state index is 13.3. The first-order valence-corrected chi connectivity index (χ1v) is 11.9. The van der Waals surface area contributed by atoms with Gasteiger partial charge in [0.15, 0.2) is 11.5 Å². The van der Waals surface area contributed by atoms with Crippen LogP contribution in [0.4, 0.5) is 0 Å². The molecule has 4 N–H and O–H groups in total. The molecule has 0 saturated carbocycles. The van der Waals surface area contributed by atoms with Gasteiger partial charge in [-0.25, -0.2) is 0 Å². The van der Waals surface area contributed by atoms with E-state index in [9.17, 15) is 19.5 Å². The van der Waals surface area contributed by atoms with E-state index < -0.39 is 24.0 Å². The highest BCUT2D eigenvalue weighted by Gasteiger charge is 2.29. The maximum atomic E-state index is 13.3. The van der Waals surface area contributed by atoms with Gasteiger partial charge in [0, 0.05) is 23.0 Å². The molecule has 1 heterocycles. The van der Waals surface area contributed by atoms with Gasteiger partial charge < -0.3 is 20.7 Å². The minimum absolute atomic E-state index is 0.105. The zero-order chi connectivity index (χ0) is 25.5. The van der Waals surface area contributed by atoms with Crippen LogP contribution in [0.2, 0.25) is 0 Å². The summed E-state index contributed by atoms with van der Waals surface area (Å²) in [4.78, 5) is 41.9. The molecular weight excluding hydrogens is 454 g/mol. The fourth-order valence-corrected chi connectivity index (χ4v) is 4.17. The molecule has 0 radical (unpaired) electrons. The number of aliphatic hydroxyl groups is 1. The van der Waals surface area contributed by atoms with Gasteiger partial charge in [-0.1, -0.05) is 72.8 Å². The van der Waals surface area contributed by atoms with Gasteiger partial charge in [0.25, 0.3) is 11.8 Å². The van der Waals surface area contributed by atoms with Crippen molar-refractivity contribution >= 4 is 22.7 Å². The summed E-state index contributed by atoms with van der Waals surface area (Å²) in [6, 6.07) is 25.1. The number of para-hydroxylation sites is 1. The summed E-state index contributed by atoms with van der Waals surface area (Å²) in [5.74, 6) is -1.14. The maximum Gasteiger partial charge on any atom is 0.268 e. The third-order valence-electron chi connectivity index (χ3n) is 6.19. The van der Waals surface area contributed by atoms with E-state index in [1.807, 2.05) is 60.7 Å². The van der Waals surface area contributed by atoms with E-state index >= 15 is 0 Å². The molecule has 1 aromatic heterocycles. The summed E-state index contributed by atoms with van der Waals surface area (Å²) in [7, 11) is 0. The van der Waals surface area contributed by atoms with Crippen LogP contribution in [0, 0.1) is 6.92 Å². The Labute approximate surface area is 209 Å². The zero-order valence-electron chi connectivity index (χ0n) is 20.0. The van der Waals surface area contributed by atoms with Crippen LogP contribution in [0.25, 0.3) is 10.9 Å². The van der Waals surface area contributed by atoms with Crippen molar-refractivity contribution < 1.29 is 14.7 Å². The van der Waals surface area contributed by atoms with Crippen LogP contribution in [0.3, 0.4) is 0 Å². The summed E-state index contributed by atoms with van der Waals surface area (Å²) < 4.78 is 0. The van der Waals surface area contributed by atoms with Crippen LogP contribution in [0.1, 0.15) is 27.2 Å². The molecule has 0 aliphatic rings. The van der Waals surface area contributed by atoms with Crippen molar-refractivity contribution in [2.75, 3.05) is 6.54 Å². The van der Waals surface area contributed by atoms with Gasteiger partial charge in [-0.05, 0) is 43.0 Å². The third kappa shape index (κ3) is 5.87. The number of rotatable bonds is 9. The molecule has 0 bridgehead atoms. The number of aliphatic hydroxyl groups excluding tert-OH is 1. The molecule has 0 fully saturated rings. The van der Waals surface area contributed by atoms with Crippen LogP contribution in [0.5, 0.6) is 0 Å². The predicted molar refractivity (Wildman–Crippen MR) is 140 cm³/mol. The first kappa shape index (κ1) is 24.9. The molecule has 0 spiro atoms. The molecule has 7 heteroatoms. The van der Waals surface area contributed by atoms with E-state index in [4.69, 9.17) is 0 Å². The number of hydrogen-bond donors (Lipinski definition) is 4. The number of aromatic amines is 1. The van der Waals surface area contributed by atoms with Crippen molar-refractivity contribution in [2.45, 2.75) is 31.9 Å². The van der Waals surface area contributed by atoms with E-state index in [0.29, 0.717) is 23.9 Å².